The Bertz CT molecular complexity index is 1040. The van der Waals surface area contributed by atoms with Crippen LogP contribution in [0.5, 0.6) is 5.75 Å². The molecule has 1 aliphatic rings. The number of aryl methyl sites for hydroxylation is 2. The van der Waals surface area contributed by atoms with Crippen molar-refractivity contribution in [3.05, 3.63) is 59.5 Å². The smallest absolute Gasteiger partial charge is 0.241 e. The van der Waals surface area contributed by atoms with Gasteiger partial charge in [-0.3, -0.25) is 9.69 Å². The van der Waals surface area contributed by atoms with Gasteiger partial charge < -0.3 is 14.6 Å². The van der Waals surface area contributed by atoms with Gasteiger partial charge in [-0.05, 0) is 57.5 Å². The number of carbonyl (C=O) groups is 1. The second-order valence-electron chi connectivity index (χ2n) is 8.12. The highest BCUT2D eigenvalue weighted by atomic mass is 16.5. The minimum Gasteiger partial charge on any atom is -0.495 e. The lowest BCUT2D eigenvalue weighted by molar-refractivity contribution is -0.121. The van der Waals surface area contributed by atoms with E-state index in [1.807, 2.05) is 56.3 Å². The summed E-state index contributed by atoms with van der Waals surface area (Å²) in [4.78, 5) is 19.6. The van der Waals surface area contributed by atoms with Crippen molar-refractivity contribution < 1.29 is 14.1 Å². The van der Waals surface area contributed by atoms with Crippen molar-refractivity contribution >= 4 is 11.6 Å². The van der Waals surface area contributed by atoms with E-state index in [1.54, 1.807) is 7.11 Å². The summed E-state index contributed by atoms with van der Waals surface area (Å²) in [7, 11) is 1.61. The highest BCUT2D eigenvalue weighted by Gasteiger charge is 2.26. The Morgan fingerprint density at radius 3 is 2.55 bits per heavy atom. The fraction of sp³-hybridized carbons (Fsp3) is 0.375. The number of carbonyl (C=O) groups excluding carboxylic acids is 1. The molecule has 4 rings (SSSR count). The van der Waals surface area contributed by atoms with Crippen LogP contribution in [0.2, 0.25) is 0 Å². The van der Waals surface area contributed by atoms with Crippen molar-refractivity contribution in [2.45, 2.75) is 33.2 Å². The van der Waals surface area contributed by atoms with Crippen LogP contribution in [0.1, 0.15) is 29.9 Å². The van der Waals surface area contributed by atoms with Gasteiger partial charge in [-0.15, -0.1) is 0 Å². The topological polar surface area (TPSA) is 80.5 Å². The Labute approximate surface area is 182 Å². The summed E-state index contributed by atoms with van der Waals surface area (Å²) < 4.78 is 10.8. The molecule has 0 saturated carbocycles. The molecule has 0 bridgehead atoms. The van der Waals surface area contributed by atoms with Gasteiger partial charge in [0.1, 0.15) is 5.75 Å². The SMILES string of the molecule is COc1ccc(C)cc1NC(=O)C1CCN(Cc2nc(-c3ccc(C)cc3)no2)CC1. The number of aromatic nitrogens is 2. The number of anilines is 1. The molecule has 31 heavy (non-hydrogen) atoms. The Kier molecular flexibility index (Phi) is 6.32. The first kappa shape index (κ1) is 21.1. The number of amides is 1. The zero-order valence-corrected chi connectivity index (χ0v) is 18.2. The molecule has 7 nitrogen and oxygen atoms in total. The number of nitrogens with one attached hydrogen (secondary N) is 1. The van der Waals surface area contributed by atoms with Crippen LogP contribution in [0.4, 0.5) is 5.69 Å². The van der Waals surface area contributed by atoms with E-state index >= 15 is 0 Å². The summed E-state index contributed by atoms with van der Waals surface area (Å²) in [6.07, 6.45) is 1.58. The molecular formula is C24H28N4O3. The number of ether oxygens (including phenoxy) is 1. The number of hydrogen-bond donors (Lipinski definition) is 1. The summed E-state index contributed by atoms with van der Waals surface area (Å²) in [5.74, 6) is 1.91. The maximum atomic E-state index is 12.8. The number of benzene rings is 2. The zero-order valence-electron chi connectivity index (χ0n) is 18.2. The lowest BCUT2D eigenvalue weighted by Crippen LogP contribution is -2.37. The van der Waals surface area contributed by atoms with Crippen LogP contribution in [0.3, 0.4) is 0 Å². The zero-order chi connectivity index (χ0) is 21.8. The molecule has 0 aliphatic carbocycles. The molecule has 0 atom stereocenters. The second-order valence-corrected chi connectivity index (χ2v) is 8.12. The average Bonchev–Trinajstić information content (AvgIpc) is 3.23. The monoisotopic (exact) mass is 420 g/mol. The highest BCUT2D eigenvalue weighted by molar-refractivity contribution is 5.94. The van der Waals surface area contributed by atoms with Gasteiger partial charge in [-0.2, -0.15) is 4.98 Å². The first-order chi connectivity index (χ1) is 15.0. The number of methoxy groups -OCH3 is 1. The largest absolute Gasteiger partial charge is 0.495 e. The molecule has 0 spiro atoms. The molecule has 7 heteroatoms. The van der Waals surface area contributed by atoms with Gasteiger partial charge in [0.25, 0.3) is 0 Å². The van der Waals surface area contributed by atoms with Crippen molar-refractivity contribution in [1.29, 1.82) is 0 Å². The molecule has 1 amide bonds. The van der Waals surface area contributed by atoms with E-state index in [9.17, 15) is 4.79 Å². The first-order valence-electron chi connectivity index (χ1n) is 10.6. The van der Waals surface area contributed by atoms with Crippen molar-refractivity contribution in [2.75, 3.05) is 25.5 Å². The third kappa shape index (κ3) is 5.11. The number of hydrogen-bond acceptors (Lipinski definition) is 6. The van der Waals surface area contributed by atoms with Crippen LogP contribution < -0.4 is 10.1 Å². The normalized spacial score (nSPS) is 15.1. The average molecular weight is 421 g/mol. The third-order valence-electron chi connectivity index (χ3n) is 5.71. The van der Waals surface area contributed by atoms with E-state index in [1.165, 1.54) is 5.56 Å². The molecule has 2 heterocycles. The fourth-order valence-corrected chi connectivity index (χ4v) is 3.84. The quantitative estimate of drug-likeness (QED) is 0.643. The first-order valence-corrected chi connectivity index (χ1v) is 10.6. The van der Waals surface area contributed by atoms with Crippen LogP contribution in [0.15, 0.2) is 47.0 Å². The minimum atomic E-state index is -0.0210. The van der Waals surface area contributed by atoms with Crippen molar-refractivity contribution in [2.24, 2.45) is 5.92 Å². The third-order valence-corrected chi connectivity index (χ3v) is 5.71. The van der Waals surface area contributed by atoms with E-state index in [2.05, 4.69) is 20.4 Å². The predicted octanol–water partition coefficient (Wildman–Crippen LogP) is 4.21. The Balaban J connectivity index is 1.30. The lowest BCUT2D eigenvalue weighted by atomic mass is 9.95. The second kappa shape index (κ2) is 9.31. The molecule has 1 N–H and O–H groups in total. The standard InChI is InChI=1S/C24H28N4O3/c1-16-4-7-18(8-5-16)23-26-22(31-27-23)15-28-12-10-19(11-13-28)24(29)25-20-14-17(2)6-9-21(20)30-3/h4-9,14,19H,10-13,15H2,1-3H3,(H,25,29). The molecule has 162 valence electrons. The molecule has 0 unspecified atom stereocenters. The number of piperidine rings is 1. The Morgan fingerprint density at radius 1 is 1.13 bits per heavy atom. The lowest BCUT2D eigenvalue weighted by Gasteiger charge is -2.30. The van der Waals surface area contributed by atoms with Crippen molar-refractivity contribution in [3.8, 4) is 17.1 Å². The summed E-state index contributed by atoms with van der Waals surface area (Å²) in [6.45, 7) is 6.26. The van der Waals surface area contributed by atoms with Gasteiger partial charge in [0.05, 0.1) is 19.3 Å². The molecule has 3 aromatic rings. The Hall–Kier alpha value is -3.19. The predicted molar refractivity (Wildman–Crippen MR) is 119 cm³/mol. The van der Waals surface area contributed by atoms with Crippen LogP contribution in [-0.2, 0) is 11.3 Å². The maximum absolute atomic E-state index is 12.8. The highest BCUT2D eigenvalue weighted by Crippen LogP contribution is 2.27. The molecule has 1 fully saturated rings. The van der Waals surface area contributed by atoms with Crippen molar-refractivity contribution in [1.82, 2.24) is 15.0 Å². The summed E-state index contributed by atoms with van der Waals surface area (Å²) in [5.41, 5.74) is 3.95. The van der Waals surface area contributed by atoms with Gasteiger partial charge in [0.15, 0.2) is 0 Å². The van der Waals surface area contributed by atoms with Gasteiger partial charge >= 0.3 is 0 Å². The van der Waals surface area contributed by atoms with Gasteiger partial charge in [0.2, 0.25) is 17.6 Å². The van der Waals surface area contributed by atoms with Crippen molar-refractivity contribution in [3.63, 3.8) is 0 Å². The van der Waals surface area contributed by atoms with Crippen LogP contribution in [-0.4, -0.2) is 41.1 Å². The van der Waals surface area contributed by atoms with Crippen LogP contribution >= 0.6 is 0 Å². The van der Waals surface area contributed by atoms with E-state index in [4.69, 9.17) is 9.26 Å². The number of likely N-dealkylation sites (tertiary alicyclic amines) is 1. The maximum Gasteiger partial charge on any atom is 0.241 e. The minimum absolute atomic E-state index is 0.0210. The Morgan fingerprint density at radius 2 is 1.84 bits per heavy atom. The van der Waals surface area contributed by atoms with E-state index in [0.717, 1.165) is 42.7 Å². The van der Waals surface area contributed by atoms with Gasteiger partial charge in [-0.25, -0.2) is 0 Å². The molecule has 1 saturated heterocycles. The summed E-state index contributed by atoms with van der Waals surface area (Å²) >= 11 is 0. The molecule has 1 aromatic heterocycles. The van der Waals surface area contributed by atoms with Gasteiger partial charge in [-0.1, -0.05) is 41.1 Å². The van der Waals surface area contributed by atoms with E-state index < -0.39 is 0 Å². The number of nitrogens with zero attached hydrogens (tertiary/aromatic N) is 3. The number of rotatable bonds is 6. The van der Waals surface area contributed by atoms with Gasteiger partial charge in [0, 0.05) is 11.5 Å². The molecule has 0 radical (unpaired) electrons. The van der Waals surface area contributed by atoms with E-state index in [-0.39, 0.29) is 11.8 Å². The summed E-state index contributed by atoms with van der Waals surface area (Å²) in [5, 5.41) is 7.14. The summed E-state index contributed by atoms with van der Waals surface area (Å²) in [6, 6.07) is 13.8. The molecule has 2 aromatic carbocycles. The fourth-order valence-electron chi connectivity index (χ4n) is 3.84. The van der Waals surface area contributed by atoms with Crippen LogP contribution in [0.25, 0.3) is 11.4 Å². The van der Waals surface area contributed by atoms with E-state index in [0.29, 0.717) is 24.0 Å². The molecular weight excluding hydrogens is 392 g/mol. The molecule has 1 aliphatic heterocycles. The van der Waals surface area contributed by atoms with Crippen LogP contribution in [0, 0.1) is 19.8 Å².